The third kappa shape index (κ3) is 3.89. The molecule has 0 saturated carbocycles. The minimum absolute atomic E-state index is 0.0222. The molecule has 0 aromatic heterocycles. The van der Waals surface area contributed by atoms with Crippen LogP contribution in [0.4, 0.5) is 5.69 Å². The maximum Gasteiger partial charge on any atom is 0.250 e. The van der Waals surface area contributed by atoms with Crippen molar-refractivity contribution in [2.24, 2.45) is 0 Å². The van der Waals surface area contributed by atoms with Gasteiger partial charge >= 0.3 is 0 Å². The molecule has 1 heterocycles. The van der Waals surface area contributed by atoms with Gasteiger partial charge in [-0.25, -0.2) is 8.42 Å². The molecule has 132 valence electrons. The lowest BCUT2D eigenvalue weighted by Crippen LogP contribution is -2.36. The van der Waals surface area contributed by atoms with Crippen molar-refractivity contribution in [2.45, 2.75) is 17.9 Å². The van der Waals surface area contributed by atoms with E-state index < -0.39 is 10.0 Å². The van der Waals surface area contributed by atoms with Crippen molar-refractivity contribution in [2.75, 3.05) is 25.6 Å². The Morgan fingerprint density at radius 2 is 1.92 bits per heavy atom. The molecule has 25 heavy (non-hydrogen) atoms. The van der Waals surface area contributed by atoms with Gasteiger partial charge in [-0.3, -0.25) is 4.79 Å². The number of carbonyl (C=O) groups excluding carboxylic acids is 1. The Balaban J connectivity index is 1.81. The summed E-state index contributed by atoms with van der Waals surface area (Å²) in [7, 11) is -2.07. The molecule has 1 amide bonds. The highest BCUT2D eigenvalue weighted by atomic mass is 32.2. The number of rotatable bonds is 5. The average Bonchev–Trinajstić information content (AvgIpc) is 2.62. The van der Waals surface area contributed by atoms with Gasteiger partial charge in [0.2, 0.25) is 15.9 Å². The number of nitrogens with zero attached hydrogens (tertiary/aromatic N) is 1. The van der Waals surface area contributed by atoms with Crippen molar-refractivity contribution in [1.29, 1.82) is 0 Å². The quantitative estimate of drug-likeness (QED) is 0.885. The van der Waals surface area contributed by atoms with Crippen LogP contribution in [0.15, 0.2) is 53.4 Å². The van der Waals surface area contributed by atoms with Crippen LogP contribution < -0.4 is 5.32 Å². The lowest BCUT2D eigenvalue weighted by molar-refractivity contribution is -0.119. The van der Waals surface area contributed by atoms with Crippen molar-refractivity contribution in [1.82, 2.24) is 4.31 Å². The Hall–Kier alpha value is -2.22. The fourth-order valence-electron chi connectivity index (χ4n) is 2.88. The van der Waals surface area contributed by atoms with Crippen molar-refractivity contribution in [3.8, 4) is 0 Å². The molecule has 0 aliphatic carbocycles. The second-order valence-corrected chi connectivity index (χ2v) is 7.80. The summed E-state index contributed by atoms with van der Waals surface area (Å²) in [6, 6.07) is 14.0. The smallest absolute Gasteiger partial charge is 0.250 e. The number of methoxy groups -OCH3 is 1. The van der Waals surface area contributed by atoms with E-state index in [2.05, 4.69) is 5.32 Å². The summed E-state index contributed by atoms with van der Waals surface area (Å²) in [5.41, 5.74) is 2.64. The standard InChI is InChI=1S/C18H20N2O4S/c1-24-13-18(21)19-16-8-7-14-9-10-20(12-15(14)11-16)25(22,23)17-5-3-2-4-6-17/h2-8,11H,9-10,12-13H2,1H3,(H,19,21). The van der Waals surface area contributed by atoms with E-state index in [0.717, 1.165) is 11.1 Å². The fourth-order valence-corrected chi connectivity index (χ4v) is 4.32. The normalized spacial score (nSPS) is 14.8. The van der Waals surface area contributed by atoms with Gasteiger partial charge in [0.25, 0.3) is 0 Å². The van der Waals surface area contributed by atoms with E-state index in [9.17, 15) is 13.2 Å². The predicted octanol–water partition coefficient (Wildman–Crippen LogP) is 2.02. The number of hydrogen-bond acceptors (Lipinski definition) is 4. The first kappa shape index (κ1) is 17.6. The molecule has 0 fully saturated rings. The van der Waals surface area contributed by atoms with Gasteiger partial charge in [-0.15, -0.1) is 0 Å². The molecule has 0 saturated heterocycles. The van der Waals surface area contributed by atoms with Gasteiger partial charge in [-0.1, -0.05) is 24.3 Å². The molecule has 2 aromatic carbocycles. The predicted molar refractivity (Wildman–Crippen MR) is 94.7 cm³/mol. The van der Waals surface area contributed by atoms with E-state index in [1.807, 2.05) is 18.2 Å². The van der Waals surface area contributed by atoms with Crippen LogP contribution in [0.5, 0.6) is 0 Å². The number of hydrogen-bond donors (Lipinski definition) is 1. The van der Waals surface area contributed by atoms with Gasteiger partial charge in [0.05, 0.1) is 4.90 Å². The maximum absolute atomic E-state index is 12.8. The number of sulfonamides is 1. The molecule has 0 spiro atoms. The van der Waals surface area contributed by atoms with Crippen LogP contribution in [0.3, 0.4) is 0 Å². The molecule has 2 aromatic rings. The van der Waals surface area contributed by atoms with Crippen LogP contribution in [0, 0.1) is 0 Å². The molecule has 3 rings (SSSR count). The van der Waals surface area contributed by atoms with Gasteiger partial charge in [0, 0.05) is 25.9 Å². The van der Waals surface area contributed by atoms with Crippen LogP contribution in [0.1, 0.15) is 11.1 Å². The molecule has 1 aliphatic heterocycles. The van der Waals surface area contributed by atoms with Crippen molar-refractivity contribution >= 4 is 21.6 Å². The zero-order valence-corrected chi connectivity index (χ0v) is 14.8. The van der Waals surface area contributed by atoms with Crippen LogP contribution in [-0.2, 0) is 32.5 Å². The highest BCUT2D eigenvalue weighted by Crippen LogP contribution is 2.27. The average molecular weight is 360 g/mol. The highest BCUT2D eigenvalue weighted by molar-refractivity contribution is 7.89. The number of nitrogens with one attached hydrogen (secondary N) is 1. The SMILES string of the molecule is COCC(=O)Nc1ccc2c(c1)CN(S(=O)(=O)c1ccccc1)CC2. The molecule has 0 unspecified atom stereocenters. The van der Waals surface area contributed by atoms with Gasteiger partial charge < -0.3 is 10.1 Å². The van der Waals surface area contributed by atoms with Gasteiger partial charge in [0.15, 0.2) is 0 Å². The lowest BCUT2D eigenvalue weighted by Gasteiger charge is -2.28. The summed E-state index contributed by atoms with van der Waals surface area (Å²) in [5.74, 6) is -0.243. The molecular formula is C18H20N2O4S. The molecule has 0 atom stereocenters. The van der Waals surface area contributed by atoms with Crippen LogP contribution in [-0.4, -0.2) is 38.9 Å². The largest absolute Gasteiger partial charge is 0.375 e. The first-order valence-corrected chi connectivity index (χ1v) is 9.40. The maximum atomic E-state index is 12.8. The molecule has 0 bridgehead atoms. The summed E-state index contributed by atoms with van der Waals surface area (Å²) in [4.78, 5) is 11.9. The van der Waals surface area contributed by atoms with E-state index >= 15 is 0 Å². The number of anilines is 1. The first-order chi connectivity index (χ1) is 12.0. The zero-order chi connectivity index (χ0) is 17.9. The molecule has 7 heteroatoms. The lowest BCUT2D eigenvalue weighted by atomic mass is 10.0. The van der Waals surface area contributed by atoms with E-state index in [0.29, 0.717) is 30.1 Å². The van der Waals surface area contributed by atoms with Crippen LogP contribution in [0.25, 0.3) is 0 Å². The molecular weight excluding hydrogens is 340 g/mol. The summed E-state index contributed by atoms with van der Waals surface area (Å²) < 4.78 is 31.8. The molecule has 6 nitrogen and oxygen atoms in total. The van der Waals surface area contributed by atoms with Gasteiger partial charge in [0.1, 0.15) is 6.61 Å². The molecule has 1 N–H and O–H groups in total. The first-order valence-electron chi connectivity index (χ1n) is 7.96. The van der Waals surface area contributed by atoms with Gasteiger partial charge in [-0.2, -0.15) is 4.31 Å². The minimum Gasteiger partial charge on any atom is -0.375 e. The minimum atomic E-state index is -3.52. The highest BCUT2D eigenvalue weighted by Gasteiger charge is 2.28. The second kappa shape index (κ2) is 7.35. The second-order valence-electron chi connectivity index (χ2n) is 5.87. The van der Waals surface area contributed by atoms with Crippen molar-refractivity contribution < 1.29 is 17.9 Å². The number of carbonyl (C=O) groups is 1. The Labute approximate surface area is 147 Å². The molecule has 1 aliphatic rings. The van der Waals surface area contributed by atoms with E-state index in [-0.39, 0.29) is 12.5 Å². The third-order valence-corrected chi connectivity index (χ3v) is 5.98. The number of amides is 1. The summed E-state index contributed by atoms with van der Waals surface area (Å²) in [6.45, 7) is 0.714. The van der Waals surface area contributed by atoms with E-state index in [1.54, 1.807) is 30.3 Å². The summed E-state index contributed by atoms with van der Waals surface area (Å²) in [6.07, 6.45) is 0.647. The zero-order valence-electron chi connectivity index (χ0n) is 13.9. The monoisotopic (exact) mass is 360 g/mol. The van der Waals surface area contributed by atoms with E-state index in [4.69, 9.17) is 4.74 Å². The topological polar surface area (TPSA) is 75.7 Å². The summed E-state index contributed by atoms with van der Waals surface area (Å²) in [5, 5.41) is 2.75. The molecule has 0 radical (unpaired) electrons. The number of ether oxygens (including phenoxy) is 1. The van der Waals surface area contributed by atoms with Crippen molar-refractivity contribution in [3.63, 3.8) is 0 Å². The van der Waals surface area contributed by atoms with Crippen LogP contribution >= 0.6 is 0 Å². The summed E-state index contributed by atoms with van der Waals surface area (Å²) >= 11 is 0. The third-order valence-electron chi connectivity index (χ3n) is 4.12. The van der Waals surface area contributed by atoms with Gasteiger partial charge in [-0.05, 0) is 41.8 Å². The fraction of sp³-hybridized carbons (Fsp3) is 0.278. The Morgan fingerprint density at radius 3 is 2.64 bits per heavy atom. The Morgan fingerprint density at radius 1 is 1.16 bits per heavy atom. The Bertz CT molecular complexity index is 866. The Kier molecular flexibility index (Phi) is 5.17. The number of benzene rings is 2. The van der Waals surface area contributed by atoms with Crippen molar-refractivity contribution in [3.05, 3.63) is 59.7 Å². The van der Waals surface area contributed by atoms with Crippen LogP contribution in [0.2, 0.25) is 0 Å². The van der Waals surface area contributed by atoms with E-state index in [1.165, 1.54) is 11.4 Å². The number of fused-ring (bicyclic) bond motifs is 1.